The van der Waals surface area contributed by atoms with Crippen LogP contribution in [0.4, 0.5) is 0 Å². The number of carboxylic acids is 2. The van der Waals surface area contributed by atoms with Crippen molar-refractivity contribution in [3.8, 4) is 0 Å². The molecule has 0 saturated carbocycles. The minimum atomic E-state index is -1.17. The third-order valence-corrected chi connectivity index (χ3v) is 8.75. The molecule has 0 aliphatic rings. The van der Waals surface area contributed by atoms with Gasteiger partial charge in [-0.05, 0) is 25.7 Å². The Balaban J connectivity index is 3.71. The number of rotatable bonds is 36. The summed E-state index contributed by atoms with van der Waals surface area (Å²) < 4.78 is 10.7. The number of carbonyl (C=O) groups is 6. The van der Waals surface area contributed by atoms with Crippen LogP contribution >= 0.6 is 0 Å². The number of ketones is 1. The predicted molar refractivity (Wildman–Crippen MR) is 201 cm³/mol. The highest BCUT2D eigenvalue weighted by molar-refractivity contribution is 5.85. The van der Waals surface area contributed by atoms with Crippen molar-refractivity contribution in [2.45, 2.75) is 168 Å². The van der Waals surface area contributed by atoms with Crippen molar-refractivity contribution < 1.29 is 48.5 Å². The van der Waals surface area contributed by atoms with E-state index >= 15 is 0 Å². The molecule has 0 spiro atoms. The van der Waals surface area contributed by atoms with Crippen LogP contribution in [0.25, 0.3) is 0 Å². The van der Waals surface area contributed by atoms with E-state index in [2.05, 4.69) is 16.0 Å². The second-order valence-electron chi connectivity index (χ2n) is 14.7. The first kappa shape index (κ1) is 48.9. The molecule has 0 aromatic rings. The van der Waals surface area contributed by atoms with E-state index in [9.17, 15) is 33.9 Å². The molecule has 0 saturated heterocycles. The van der Waals surface area contributed by atoms with E-state index in [0.29, 0.717) is 39.2 Å². The van der Waals surface area contributed by atoms with Gasteiger partial charge in [-0.2, -0.15) is 0 Å². The third-order valence-electron chi connectivity index (χ3n) is 8.75. The smallest absolute Gasteiger partial charge is 0.326 e. The topological polar surface area (TPSA) is 197 Å². The normalized spacial score (nSPS) is 11.9. The quantitative estimate of drug-likeness (QED) is 0.0468. The number of hydrogen-bond donors (Lipinski definition) is 5. The molecule has 0 heterocycles. The maximum absolute atomic E-state index is 12.3. The molecule has 0 bridgehead atoms. The van der Waals surface area contributed by atoms with Gasteiger partial charge in [-0.3, -0.25) is 24.0 Å². The lowest BCUT2D eigenvalue weighted by atomic mass is 9.91. The van der Waals surface area contributed by atoms with Crippen molar-refractivity contribution in [3.05, 3.63) is 0 Å². The Hall–Kier alpha value is -3.06. The minimum absolute atomic E-state index is 0.0124. The number of hydrogen-bond acceptors (Lipinski definition) is 8. The number of unbranched alkanes of at least 4 members (excludes halogenated alkanes) is 15. The van der Waals surface area contributed by atoms with Gasteiger partial charge in [-0.25, -0.2) is 4.79 Å². The van der Waals surface area contributed by atoms with E-state index in [1.165, 1.54) is 57.8 Å². The Morgan fingerprint density at radius 3 is 1.46 bits per heavy atom. The van der Waals surface area contributed by atoms with Crippen LogP contribution in [0.3, 0.4) is 0 Å². The van der Waals surface area contributed by atoms with Gasteiger partial charge in [0.05, 0.1) is 19.8 Å². The van der Waals surface area contributed by atoms with Gasteiger partial charge >= 0.3 is 11.9 Å². The zero-order chi connectivity index (χ0) is 38.9. The SMILES string of the molecule is CC(C)(C)C(=O)COCCOCCNC(=O)CCCNC(=O)CC[C@H](NC(=O)CCCCCCCCCCCCCCCCCCC(=O)O)C(=O)O. The Morgan fingerprint density at radius 2 is 0.962 bits per heavy atom. The van der Waals surface area contributed by atoms with Crippen molar-refractivity contribution in [2.75, 3.05) is 39.5 Å². The van der Waals surface area contributed by atoms with Gasteiger partial charge in [0.2, 0.25) is 17.7 Å². The second kappa shape index (κ2) is 32.6. The van der Waals surface area contributed by atoms with Crippen LogP contribution in [0.2, 0.25) is 0 Å². The molecule has 13 heteroatoms. The van der Waals surface area contributed by atoms with Crippen LogP contribution < -0.4 is 16.0 Å². The Morgan fingerprint density at radius 1 is 0.519 bits per heavy atom. The van der Waals surface area contributed by atoms with Crippen molar-refractivity contribution in [2.24, 2.45) is 5.41 Å². The van der Waals surface area contributed by atoms with Crippen molar-refractivity contribution in [3.63, 3.8) is 0 Å². The molecule has 13 nitrogen and oxygen atoms in total. The summed E-state index contributed by atoms with van der Waals surface area (Å²) in [5.41, 5.74) is -0.436. The average molecular weight is 742 g/mol. The van der Waals surface area contributed by atoms with Crippen LogP contribution in [-0.4, -0.2) is 91.2 Å². The number of nitrogens with one attached hydrogen (secondary N) is 3. The van der Waals surface area contributed by atoms with E-state index < -0.39 is 23.4 Å². The Kier molecular flexibility index (Phi) is 30.7. The molecule has 0 aromatic carbocycles. The zero-order valence-corrected chi connectivity index (χ0v) is 32.5. The molecular formula is C39H71N3O10. The first-order valence-corrected chi connectivity index (χ1v) is 19.8. The third kappa shape index (κ3) is 32.8. The van der Waals surface area contributed by atoms with Gasteiger partial charge in [0.25, 0.3) is 0 Å². The summed E-state index contributed by atoms with van der Waals surface area (Å²) in [6.45, 7) is 7.09. The summed E-state index contributed by atoms with van der Waals surface area (Å²) in [5, 5.41) is 26.1. The second-order valence-corrected chi connectivity index (χ2v) is 14.7. The summed E-state index contributed by atoms with van der Waals surface area (Å²) in [6.07, 6.45) is 19.1. The summed E-state index contributed by atoms with van der Waals surface area (Å²) in [5.74, 6) is -2.67. The number of amides is 3. The molecule has 0 fully saturated rings. The van der Waals surface area contributed by atoms with Gasteiger partial charge in [0, 0.05) is 44.2 Å². The van der Waals surface area contributed by atoms with Crippen molar-refractivity contribution >= 4 is 35.4 Å². The molecule has 1 atom stereocenters. The fourth-order valence-electron chi connectivity index (χ4n) is 5.35. The summed E-state index contributed by atoms with van der Waals surface area (Å²) >= 11 is 0. The van der Waals surface area contributed by atoms with Crippen LogP contribution in [0.1, 0.15) is 162 Å². The lowest BCUT2D eigenvalue weighted by molar-refractivity contribution is -0.142. The van der Waals surface area contributed by atoms with Crippen molar-refractivity contribution in [1.82, 2.24) is 16.0 Å². The molecular weight excluding hydrogens is 670 g/mol. The van der Waals surface area contributed by atoms with Crippen LogP contribution in [0.5, 0.6) is 0 Å². The van der Waals surface area contributed by atoms with Gasteiger partial charge in [-0.15, -0.1) is 0 Å². The molecule has 0 aliphatic carbocycles. The standard InChI is InChI=1S/C39H71N3O10/c1-39(2,3)33(43)31-52-30-29-51-28-27-41-34(44)22-20-26-40-35(45)25-24-32(38(49)50)42-36(46)21-18-16-14-12-10-8-6-4-5-7-9-11-13-15-17-19-23-37(47)48/h32H,4-31H2,1-3H3,(H,40,45)(H,41,44)(H,42,46)(H,47,48)(H,49,50)/t32-/m0/s1. The first-order valence-electron chi connectivity index (χ1n) is 19.8. The highest BCUT2D eigenvalue weighted by atomic mass is 16.5. The van der Waals surface area contributed by atoms with E-state index in [1.807, 2.05) is 20.8 Å². The summed E-state index contributed by atoms with van der Waals surface area (Å²) in [6, 6.07) is -1.13. The van der Waals surface area contributed by atoms with Gasteiger partial charge in [-0.1, -0.05) is 111 Å². The zero-order valence-electron chi connectivity index (χ0n) is 32.5. The maximum atomic E-state index is 12.3. The lowest BCUT2D eigenvalue weighted by Gasteiger charge is -2.16. The molecule has 0 aromatic heterocycles. The van der Waals surface area contributed by atoms with Crippen molar-refractivity contribution in [1.29, 1.82) is 0 Å². The highest BCUT2D eigenvalue weighted by Crippen LogP contribution is 2.15. The maximum Gasteiger partial charge on any atom is 0.326 e. The fourth-order valence-corrected chi connectivity index (χ4v) is 5.35. The molecule has 3 amide bonds. The van der Waals surface area contributed by atoms with Gasteiger partial charge < -0.3 is 35.6 Å². The van der Waals surface area contributed by atoms with Crippen LogP contribution in [-0.2, 0) is 38.2 Å². The number of ether oxygens (including phenoxy) is 2. The van der Waals surface area contributed by atoms with E-state index in [1.54, 1.807) is 0 Å². The van der Waals surface area contributed by atoms with Gasteiger partial charge in [0.15, 0.2) is 5.78 Å². The fraction of sp³-hybridized carbons (Fsp3) is 0.846. The number of carbonyl (C=O) groups excluding carboxylic acids is 4. The number of Topliss-reactive ketones (excluding diaryl/α,β-unsaturated/α-hetero) is 1. The van der Waals surface area contributed by atoms with E-state index in [4.69, 9.17) is 14.6 Å². The minimum Gasteiger partial charge on any atom is -0.481 e. The van der Waals surface area contributed by atoms with Crippen LogP contribution in [0.15, 0.2) is 0 Å². The van der Waals surface area contributed by atoms with Gasteiger partial charge in [0.1, 0.15) is 12.6 Å². The highest BCUT2D eigenvalue weighted by Gasteiger charge is 2.21. The summed E-state index contributed by atoms with van der Waals surface area (Å²) in [4.78, 5) is 70.4. The monoisotopic (exact) mass is 742 g/mol. The Bertz CT molecular complexity index is 999. The average Bonchev–Trinajstić information content (AvgIpc) is 3.08. The molecule has 302 valence electrons. The largest absolute Gasteiger partial charge is 0.481 e. The molecule has 0 rings (SSSR count). The summed E-state index contributed by atoms with van der Waals surface area (Å²) in [7, 11) is 0. The number of carboxylic acid groups (broad SMARTS) is 2. The molecule has 0 aliphatic heterocycles. The van der Waals surface area contributed by atoms with Crippen LogP contribution in [0, 0.1) is 5.41 Å². The Labute approximate surface area is 312 Å². The molecule has 5 N–H and O–H groups in total. The van der Waals surface area contributed by atoms with E-state index in [-0.39, 0.29) is 68.8 Å². The number of aliphatic carboxylic acids is 2. The molecule has 0 radical (unpaired) electrons. The predicted octanol–water partition coefficient (Wildman–Crippen LogP) is 6.10. The first-order chi connectivity index (χ1) is 24.8. The molecule has 0 unspecified atom stereocenters. The lowest BCUT2D eigenvalue weighted by Crippen LogP contribution is -2.41. The molecule has 52 heavy (non-hydrogen) atoms. The van der Waals surface area contributed by atoms with E-state index in [0.717, 1.165) is 38.5 Å².